The third-order valence-corrected chi connectivity index (χ3v) is 3.07. The van der Waals surface area contributed by atoms with Gasteiger partial charge in [0.1, 0.15) is 0 Å². The molecule has 0 radical (unpaired) electrons. The van der Waals surface area contributed by atoms with Gasteiger partial charge < -0.3 is 10.4 Å². The largest absolute Gasteiger partial charge is 0.479 e. The number of carboxylic acids is 1. The first-order chi connectivity index (χ1) is 7.43. The van der Waals surface area contributed by atoms with Gasteiger partial charge in [-0.15, -0.1) is 0 Å². The molecule has 1 unspecified atom stereocenters. The number of benzene rings is 1. The zero-order valence-electron chi connectivity index (χ0n) is 8.95. The molecular weight excluding hydrogens is 274 g/mol. The first kappa shape index (κ1) is 12.7. The molecule has 0 aromatic heterocycles. The molecule has 0 aliphatic carbocycles. The molecule has 1 rings (SSSR count). The second-order valence-corrected chi connectivity index (χ2v) is 4.28. The summed E-state index contributed by atoms with van der Waals surface area (Å²) in [5.74, 6) is -1.44. The van der Waals surface area contributed by atoms with E-state index >= 15 is 0 Å². The van der Waals surface area contributed by atoms with E-state index in [-0.39, 0.29) is 5.91 Å². The van der Waals surface area contributed by atoms with Crippen molar-refractivity contribution in [2.45, 2.75) is 19.9 Å². The Labute approximate surface area is 102 Å². The van der Waals surface area contributed by atoms with Crippen molar-refractivity contribution < 1.29 is 14.7 Å². The molecule has 2 N–H and O–H groups in total. The fraction of sp³-hybridized carbons (Fsp3) is 0.273. The molecule has 1 aromatic rings. The predicted molar refractivity (Wildman–Crippen MR) is 63.1 cm³/mol. The van der Waals surface area contributed by atoms with Crippen molar-refractivity contribution in [1.82, 2.24) is 5.32 Å². The van der Waals surface area contributed by atoms with E-state index in [4.69, 9.17) is 5.11 Å². The minimum atomic E-state index is -1.07. The van der Waals surface area contributed by atoms with Crippen molar-refractivity contribution in [2.24, 2.45) is 0 Å². The van der Waals surface area contributed by atoms with Crippen LogP contribution < -0.4 is 5.32 Å². The van der Waals surface area contributed by atoms with E-state index in [1.165, 1.54) is 6.92 Å². The monoisotopic (exact) mass is 285 g/mol. The average Bonchev–Trinajstić information content (AvgIpc) is 2.18. The lowest BCUT2D eigenvalue weighted by molar-refractivity contribution is -0.141. The number of carbonyl (C=O) groups is 2. The second kappa shape index (κ2) is 5.12. The second-order valence-electron chi connectivity index (χ2n) is 3.43. The number of rotatable bonds is 3. The Morgan fingerprint density at radius 2 is 2.06 bits per heavy atom. The molecule has 0 aliphatic rings. The van der Waals surface area contributed by atoms with Crippen LogP contribution in [0.3, 0.4) is 0 Å². The van der Waals surface area contributed by atoms with Crippen LogP contribution in [0.5, 0.6) is 0 Å². The molecule has 0 saturated heterocycles. The number of nitrogens with one attached hydrogen (secondary N) is 1. The lowest BCUT2D eigenvalue weighted by Gasteiger charge is -2.16. The maximum Gasteiger partial charge on any atom is 0.330 e. The van der Waals surface area contributed by atoms with Crippen LogP contribution in [0.25, 0.3) is 0 Å². The first-order valence-corrected chi connectivity index (χ1v) is 5.47. The smallest absolute Gasteiger partial charge is 0.330 e. The maximum absolute atomic E-state index is 11.1. The molecule has 5 heteroatoms. The highest BCUT2D eigenvalue weighted by Gasteiger charge is 2.22. The van der Waals surface area contributed by atoms with E-state index in [1.54, 1.807) is 19.1 Å². The zero-order valence-corrected chi connectivity index (χ0v) is 10.5. The SMILES string of the molecule is CC(=O)NC(C(=O)O)c1cccc(Br)c1C. The fourth-order valence-electron chi connectivity index (χ4n) is 1.41. The number of aliphatic carboxylic acids is 1. The summed E-state index contributed by atoms with van der Waals surface area (Å²) in [5, 5.41) is 11.5. The van der Waals surface area contributed by atoms with Gasteiger partial charge in [0.05, 0.1) is 0 Å². The quantitative estimate of drug-likeness (QED) is 0.893. The van der Waals surface area contributed by atoms with Crippen LogP contribution in [-0.2, 0) is 9.59 Å². The van der Waals surface area contributed by atoms with Gasteiger partial charge in [0, 0.05) is 11.4 Å². The summed E-state index contributed by atoms with van der Waals surface area (Å²) in [4.78, 5) is 22.0. The molecule has 0 bridgehead atoms. The van der Waals surface area contributed by atoms with Crippen molar-refractivity contribution in [1.29, 1.82) is 0 Å². The Hall–Kier alpha value is -1.36. The van der Waals surface area contributed by atoms with Crippen molar-refractivity contribution in [2.75, 3.05) is 0 Å². The Kier molecular flexibility index (Phi) is 4.06. The number of halogens is 1. The van der Waals surface area contributed by atoms with E-state index < -0.39 is 12.0 Å². The third-order valence-electron chi connectivity index (χ3n) is 2.22. The summed E-state index contributed by atoms with van der Waals surface area (Å²) in [6, 6.07) is 4.25. The van der Waals surface area contributed by atoms with Crippen LogP contribution in [0, 0.1) is 6.92 Å². The zero-order chi connectivity index (χ0) is 12.3. The molecule has 0 aliphatic heterocycles. The Balaban J connectivity index is 3.16. The molecule has 0 heterocycles. The summed E-state index contributed by atoms with van der Waals surface area (Å²) in [6.07, 6.45) is 0. The van der Waals surface area contributed by atoms with Gasteiger partial charge in [-0.05, 0) is 24.1 Å². The van der Waals surface area contributed by atoms with Crippen LogP contribution >= 0.6 is 15.9 Å². The summed E-state index contributed by atoms with van der Waals surface area (Å²) >= 11 is 3.32. The van der Waals surface area contributed by atoms with Crippen molar-refractivity contribution >= 4 is 27.8 Å². The number of carboxylic acid groups (broad SMARTS) is 1. The number of hydrogen-bond acceptors (Lipinski definition) is 2. The van der Waals surface area contributed by atoms with E-state index in [2.05, 4.69) is 21.2 Å². The average molecular weight is 286 g/mol. The number of carbonyl (C=O) groups excluding carboxylic acids is 1. The standard InChI is InChI=1S/C11H12BrNO3/c1-6-8(4-3-5-9(6)12)10(11(15)16)13-7(2)14/h3-5,10H,1-2H3,(H,13,14)(H,15,16). The Bertz CT molecular complexity index is 431. The Morgan fingerprint density at radius 1 is 1.44 bits per heavy atom. The van der Waals surface area contributed by atoms with Gasteiger partial charge in [0.2, 0.25) is 5.91 Å². The van der Waals surface area contributed by atoms with Gasteiger partial charge in [-0.1, -0.05) is 28.1 Å². The number of amides is 1. The van der Waals surface area contributed by atoms with Gasteiger partial charge >= 0.3 is 5.97 Å². The van der Waals surface area contributed by atoms with Crippen molar-refractivity contribution in [3.05, 3.63) is 33.8 Å². The lowest BCUT2D eigenvalue weighted by atomic mass is 10.0. The lowest BCUT2D eigenvalue weighted by Crippen LogP contribution is -2.32. The molecule has 4 nitrogen and oxygen atoms in total. The molecule has 1 atom stereocenters. The van der Waals surface area contributed by atoms with Gasteiger partial charge in [-0.3, -0.25) is 4.79 Å². The highest BCUT2D eigenvalue weighted by molar-refractivity contribution is 9.10. The molecule has 16 heavy (non-hydrogen) atoms. The molecular formula is C11H12BrNO3. The van der Waals surface area contributed by atoms with E-state index in [0.717, 1.165) is 10.0 Å². The molecule has 1 amide bonds. The predicted octanol–water partition coefficient (Wildman–Crippen LogP) is 2.02. The highest BCUT2D eigenvalue weighted by Crippen LogP contribution is 2.24. The summed E-state index contributed by atoms with van der Waals surface area (Å²) in [6.45, 7) is 3.10. The van der Waals surface area contributed by atoms with Crippen molar-refractivity contribution in [3.63, 3.8) is 0 Å². The van der Waals surface area contributed by atoms with Gasteiger partial charge in [-0.2, -0.15) is 0 Å². The highest BCUT2D eigenvalue weighted by atomic mass is 79.9. The van der Waals surface area contributed by atoms with Gasteiger partial charge in [0.15, 0.2) is 6.04 Å². The van der Waals surface area contributed by atoms with Gasteiger partial charge in [0.25, 0.3) is 0 Å². The van der Waals surface area contributed by atoms with Gasteiger partial charge in [-0.25, -0.2) is 4.79 Å². The van der Waals surface area contributed by atoms with Crippen LogP contribution in [0.1, 0.15) is 24.1 Å². The van der Waals surface area contributed by atoms with Crippen LogP contribution in [0.2, 0.25) is 0 Å². The molecule has 0 saturated carbocycles. The summed E-state index contributed by atoms with van der Waals surface area (Å²) in [7, 11) is 0. The molecule has 0 fully saturated rings. The summed E-state index contributed by atoms with van der Waals surface area (Å²) in [5.41, 5.74) is 1.39. The van der Waals surface area contributed by atoms with E-state index in [1.807, 2.05) is 6.07 Å². The first-order valence-electron chi connectivity index (χ1n) is 4.68. The molecule has 0 spiro atoms. The minimum absolute atomic E-state index is 0.369. The Morgan fingerprint density at radius 3 is 2.56 bits per heavy atom. The number of hydrogen-bond donors (Lipinski definition) is 2. The van der Waals surface area contributed by atoms with Crippen LogP contribution in [-0.4, -0.2) is 17.0 Å². The minimum Gasteiger partial charge on any atom is -0.479 e. The maximum atomic E-state index is 11.1. The third kappa shape index (κ3) is 2.82. The topological polar surface area (TPSA) is 66.4 Å². The van der Waals surface area contributed by atoms with E-state index in [0.29, 0.717) is 5.56 Å². The molecule has 1 aromatic carbocycles. The van der Waals surface area contributed by atoms with Crippen LogP contribution in [0.15, 0.2) is 22.7 Å². The van der Waals surface area contributed by atoms with E-state index in [9.17, 15) is 9.59 Å². The normalized spacial score (nSPS) is 11.9. The fourth-order valence-corrected chi connectivity index (χ4v) is 1.79. The summed E-state index contributed by atoms with van der Waals surface area (Å²) < 4.78 is 0.821. The molecule has 86 valence electrons. The van der Waals surface area contributed by atoms with Crippen LogP contribution in [0.4, 0.5) is 0 Å². The van der Waals surface area contributed by atoms with Crippen molar-refractivity contribution in [3.8, 4) is 0 Å².